The first-order valence-corrected chi connectivity index (χ1v) is 7.64. The number of hydrogen-bond acceptors (Lipinski definition) is 5. The van der Waals surface area contributed by atoms with E-state index in [9.17, 15) is 0 Å². The largest absolute Gasteiger partial charge is 0.335 e. The fourth-order valence-corrected chi connectivity index (χ4v) is 3.09. The van der Waals surface area contributed by atoms with Crippen LogP contribution in [0.5, 0.6) is 0 Å². The molecule has 2 atom stereocenters. The van der Waals surface area contributed by atoms with Crippen LogP contribution in [0.2, 0.25) is 0 Å². The molecule has 1 aromatic carbocycles. The Bertz CT molecular complexity index is 567. The highest BCUT2D eigenvalue weighted by Crippen LogP contribution is 2.28. The quantitative estimate of drug-likeness (QED) is 0.924. The van der Waals surface area contributed by atoms with Gasteiger partial charge in [0.05, 0.1) is 5.69 Å². The molecule has 0 spiro atoms. The summed E-state index contributed by atoms with van der Waals surface area (Å²) in [5.74, 6) is 1.56. The maximum atomic E-state index is 5.99. The van der Waals surface area contributed by atoms with Crippen LogP contribution in [0.15, 0.2) is 30.3 Å². The summed E-state index contributed by atoms with van der Waals surface area (Å²) >= 11 is 0. The Hall–Kier alpha value is -1.95. The Morgan fingerprint density at radius 3 is 2.81 bits per heavy atom. The van der Waals surface area contributed by atoms with Gasteiger partial charge in [-0.1, -0.05) is 36.6 Å². The first-order valence-electron chi connectivity index (χ1n) is 7.64. The van der Waals surface area contributed by atoms with Crippen molar-refractivity contribution in [3.05, 3.63) is 30.3 Å². The number of aromatic nitrogens is 4. The number of para-hydroxylation sites is 1. The first-order chi connectivity index (χ1) is 10.3. The normalized spacial score (nSPS) is 22.5. The number of nitrogens with two attached hydrogens (primary N) is 1. The first kappa shape index (κ1) is 14.0. The zero-order chi connectivity index (χ0) is 14.7. The molecular formula is C15H22N6. The van der Waals surface area contributed by atoms with Crippen LogP contribution in [0.4, 0.5) is 5.95 Å². The number of benzene rings is 1. The van der Waals surface area contributed by atoms with Gasteiger partial charge in [-0.3, -0.25) is 0 Å². The summed E-state index contributed by atoms with van der Waals surface area (Å²) in [6, 6.07) is 10.3. The van der Waals surface area contributed by atoms with E-state index in [4.69, 9.17) is 5.73 Å². The summed E-state index contributed by atoms with van der Waals surface area (Å²) in [6.07, 6.45) is 3.51. The van der Waals surface area contributed by atoms with E-state index in [-0.39, 0.29) is 0 Å². The van der Waals surface area contributed by atoms with Crippen LogP contribution in [0.3, 0.4) is 0 Å². The van der Waals surface area contributed by atoms with Gasteiger partial charge in [0.1, 0.15) is 0 Å². The minimum absolute atomic E-state index is 0.317. The molecule has 1 saturated heterocycles. The molecule has 2 N–H and O–H groups in total. The standard InChI is InChI=1S/C15H22N6/c1-2-12-8-9-20(14(10-12)11-16)15-17-18-19-21(15)13-6-4-3-5-7-13/h3-7,12,14H,2,8-11,16H2,1H3. The summed E-state index contributed by atoms with van der Waals surface area (Å²) in [4.78, 5) is 2.26. The van der Waals surface area contributed by atoms with Crippen molar-refractivity contribution < 1.29 is 0 Å². The van der Waals surface area contributed by atoms with Gasteiger partial charge in [-0.05, 0) is 41.3 Å². The van der Waals surface area contributed by atoms with Gasteiger partial charge < -0.3 is 10.6 Å². The van der Waals surface area contributed by atoms with E-state index >= 15 is 0 Å². The van der Waals surface area contributed by atoms with Gasteiger partial charge in [-0.15, -0.1) is 0 Å². The molecule has 1 fully saturated rings. The molecule has 6 heteroatoms. The van der Waals surface area contributed by atoms with E-state index in [2.05, 4.69) is 27.3 Å². The minimum atomic E-state index is 0.317. The fourth-order valence-electron chi connectivity index (χ4n) is 3.09. The highest BCUT2D eigenvalue weighted by molar-refractivity contribution is 5.41. The second kappa shape index (κ2) is 6.22. The van der Waals surface area contributed by atoms with Crippen molar-refractivity contribution in [2.45, 2.75) is 32.2 Å². The third-order valence-corrected chi connectivity index (χ3v) is 4.38. The van der Waals surface area contributed by atoms with Gasteiger partial charge in [-0.25, -0.2) is 0 Å². The van der Waals surface area contributed by atoms with E-state index in [1.54, 1.807) is 4.68 Å². The van der Waals surface area contributed by atoms with E-state index in [0.29, 0.717) is 12.6 Å². The number of piperidine rings is 1. The maximum Gasteiger partial charge on any atom is 0.250 e. The smallest absolute Gasteiger partial charge is 0.250 e. The predicted molar refractivity (Wildman–Crippen MR) is 82.4 cm³/mol. The molecule has 3 rings (SSSR count). The van der Waals surface area contributed by atoms with Crippen molar-refractivity contribution in [1.29, 1.82) is 0 Å². The second-order valence-corrected chi connectivity index (χ2v) is 5.61. The van der Waals surface area contributed by atoms with E-state index < -0.39 is 0 Å². The summed E-state index contributed by atoms with van der Waals surface area (Å²) in [7, 11) is 0. The van der Waals surface area contributed by atoms with E-state index in [1.165, 1.54) is 12.8 Å². The molecule has 1 aliphatic heterocycles. The topological polar surface area (TPSA) is 72.9 Å². The molecule has 0 aliphatic carbocycles. The molecule has 6 nitrogen and oxygen atoms in total. The Kier molecular flexibility index (Phi) is 4.15. The Labute approximate surface area is 124 Å². The van der Waals surface area contributed by atoms with Crippen LogP contribution in [0, 0.1) is 5.92 Å². The highest BCUT2D eigenvalue weighted by atomic mass is 15.6. The summed E-state index contributed by atoms with van der Waals surface area (Å²) in [6.45, 7) is 3.85. The molecule has 0 saturated carbocycles. The Morgan fingerprint density at radius 1 is 1.29 bits per heavy atom. The van der Waals surface area contributed by atoms with Crippen molar-refractivity contribution in [1.82, 2.24) is 20.2 Å². The van der Waals surface area contributed by atoms with Gasteiger partial charge in [0.2, 0.25) is 0 Å². The van der Waals surface area contributed by atoms with Gasteiger partial charge in [-0.2, -0.15) is 4.68 Å². The summed E-state index contributed by atoms with van der Waals surface area (Å²) in [5.41, 5.74) is 6.96. The number of hydrogen-bond donors (Lipinski definition) is 1. The molecule has 1 aromatic heterocycles. The molecule has 1 aliphatic rings. The zero-order valence-electron chi connectivity index (χ0n) is 12.4. The van der Waals surface area contributed by atoms with Crippen molar-refractivity contribution >= 4 is 5.95 Å². The number of nitrogens with zero attached hydrogens (tertiary/aromatic N) is 5. The number of tetrazole rings is 1. The van der Waals surface area contributed by atoms with Gasteiger partial charge in [0, 0.05) is 19.1 Å². The van der Waals surface area contributed by atoms with Crippen LogP contribution in [0.25, 0.3) is 5.69 Å². The Morgan fingerprint density at radius 2 is 2.10 bits per heavy atom. The van der Waals surface area contributed by atoms with E-state index in [1.807, 2.05) is 30.3 Å². The van der Waals surface area contributed by atoms with Gasteiger partial charge in [0.15, 0.2) is 0 Å². The SMILES string of the molecule is CCC1CCN(c2nnnn2-c2ccccc2)C(CN)C1. The van der Waals surface area contributed by atoms with Gasteiger partial charge in [0.25, 0.3) is 5.95 Å². The lowest BCUT2D eigenvalue weighted by molar-refractivity contribution is 0.331. The van der Waals surface area contributed by atoms with Crippen molar-refractivity contribution in [3.63, 3.8) is 0 Å². The summed E-state index contributed by atoms with van der Waals surface area (Å²) in [5, 5.41) is 12.2. The van der Waals surface area contributed by atoms with Crippen LogP contribution >= 0.6 is 0 Å². The molecule has 2 unspecified atom stereocenters. The van der Waals surface area contributed by atoms with Crippen molar-refractivity contribution in [3.8, 4) is 5.69 Å². The lowest BCUT2D eigenvalue weighted by Gasteiger charge is -2.38. The molecule has 0 amide bonds. The average molecular weight is 286 g/mol. The van der Waals surface area contributed by atoms with Crippen LogP contribution < -0.4 is 10.6 Å². The summed E-state index contributed by atoms with van der Waals surface area (Å²) < 4.78 is 1.80. The second-order valence-electron chi connectivity index (χ2n) is 5.61. The lowest BCUT2D eigenvalue weighted by Crippen LogP contribution is -2.47. The van der Waals surface area contributed by atoms with Crippen molar-refractivity contribution in [2.75, 3.05) is 18.0 Å². The molecular weight excluding hydrogens is 264 g/mol. The third kappa shape index (κ3) is 2.76. The molecule has 0 bridgehead atoms. The van der Waals surface area contributed by atoms with Gasteiger partial charge >= 0.3 is 0 Å². The van der Waals surface area contributed by atoms with Crippen LogP contribution in [-0.2, 0) is 0 Å². The lowest BCUT2D eigenvalue weighted by atomic mass is 9.89. The maximum absolute atomic E-state index is 5.99. The van der Waals surface area contributed by atoms with Crippen LogP contribution in [0.1, 0.15) is 26.2 Å². The minimum Gasteiger partial charge on any atom is -0.335 e. The van der Waals surface area contributed by atoms with E-state index in [0.717, 1.165) is 30.5 Å². The predicted octanol–water partition coefficient (Wildman–Crippen LogP) is 1.62. The fraction of sp³-hybridized carbons (Fsp3) is 0.533. The molecule has 2 aromatic rings. The highest BCUT2D eigenvalue weighted by Gasteiger charge is 2.30. The Balaban J connectivity index is 1.89. The monoisotopic (exact) mass is 286 g/mol. The molecule has 0 radical (unpaired) electrons. The number of rotatable bonds is 4. The molecule has 112 valence electrons. The van der Waals surface area contributed by atoms with Crippen molar-refractivity contribution in [2.24, 2.45) is 11.7 Å². The molecule has 21 heavy (non-hydrogen) atoms. The average Bonchev–Trinajstić information content (AvgIpc) is 3.04. The number of anilines is 1. The zero-order valence-corrected chi connectivity index (χ0v) is 12.4. The molecule has 2 heterocycles. The van der Waals surface area contributed by atoms with Crippen LogP contribution in [-0.4, -0.2) is 39.3 Å². The third-order valence-electron chi connectivity index (χ3n) is 4.38.